The highest BCUT2D eigenvalue weighted by Gasteiger charge is 2.39. The number of hydrogen-bond donors (Lipinski definition) is 0. The van der Waals surface area contributed by atoms with Crippen molar-refractivity contribution in [1.82, 2.24) is 0 Å². The molecule has 1 fully saturated rings. The summed E-state index contributed by atoms with van der Waals surface area (Å²) in [6.45, 7) is 11.2. The maximum absolute atomic E-state index is 5.97. The van der Waals surface area contributed by atoms with Crippen molar-refractivity contribution in [2.75, 3.05) is 6.61 Å². The van der Waals surface area contributed by atoms with Crippen LogP contribution in [0.15, 0.2) is 0 Å². The van der Waals surface area contributed by atoms with Gasteiger partial charge in [-0.2, -0.15) is 0 Å². The molecule has 0 radical (unpaired) electrons. The minimum Gasteiger partial charge on any atom is -0.415 e. The SMILES string of the molecule is CC1CCO[Si](C)(C)O[Si](C)(C)O1. The van der Waals surface area contributed by atoms with Crippen LogP contribution in [0.3, 0.4) is 0 Å². The second-order valence-corrected chi connectivity index (χ2v) is 11.4. The van der Waals surface area contributed by atoms with E-state index in [0.717, 1.165) is 13.0 Å². The smallest absolute Gasteiger partial charge is 0.323 e. The van der Waals surface area contributed by atoms with Gasteiger partial charge in [0, 0.05) is 12.7 Å². The van der Waals surface area contributed by atoms with Crippen LogP contribution in [0.25, 0.3) is 0 Å². The van der Waals surface area contributed by atoms with Gasteiger partial charge in [-0.1, -0.05) is 0 Å². The van der Waals surface area contributed by atoms with Gasteiger partial charge in [0.25, 0.3) is 0 Å². The molecule has 3 nitrogen and oxygen atoms in total. The van der Waals surface area contributed by atoms with Crippen molar-refractivity contribution >= 4 is 17.1 Å². The standard InChI is InChI=1S/C8H20O3Si2/c1-8-6-7-9-12(2,3)11-13(4,5)10-8/h8H,6-7H2,1-5H3. The van der Waals surface area contributed by atoms with Crippen LogP contribution >= 0.6 is 0 Å². The molecule has 13 heavy (non-hydrogen) atoms. The molecule has 1 saturated heterocycles. The predicted octanol–water partition coefficient (Wildman–Crippen LogP) is 2.23. The van der Waals surface area contributed by atoms with E-state index in [0.29, 0.717) is 0 Å². The fraction of sp³-hybridized carbons (Fsp3) is 1.00. The Balaban J connectivity index is 2.65. The molecule has 0 aromatic heterocycles. The summed E-state index contributed by atoms with van der Waals surface area (Å²) in [5, 5.41) is 0. The van der Waals surface area contributed by atoms with E-state index in [1.807, 2.05) is 0 Å². The first kappa shape index (κ1) is 11.4. The van der Waals surface area contributed by atoms with Gasteiger partial charge in [0.15, 0.2) is 0 Å². The highest BCUT2D eigenvalue weighted by atomic mass is 28.5. The van der Waals surface area contributed by atoms with Gasteiger partial charge in [0.2, 0.25) is 0 Å². The lowest BCUT2D eigenvalue weighted by atomic mass is 10.3. The average molecular weight is 220 g/mol. The van der Waals surface area contributed by atoms with Crippen molar-refractivity contribution in [1.29, 1.82) is 0 Å². The summed E-state index contributed by atoms with van der Waals surface area (Å²) in [5.74, 6) is 0. The lowest BCUT2D eigenvalue weighted by Crippen LogP contribution is -2.51. The third-order valence-electron chi connectivity index (χ3n) is 1.95. The third kappa shape index (κ3) is 3.91. The fourth-order valence-corrected chi connectivity index (χ4v) is 8.52. The first-order valence-corrected chi connectivity index (χ1v) is 10.5. The molecule has 0 aromatic rings. The lowest BCUT2D eigenvalue weighted by Gasteiger charge is -2.37. The molecule has 1 aliphatic heterocycles. The molecule has 78 valence electrons. The molecule has 1 atom stereocenters. The van der Waals surface area contributed by atoms with E-state index < -0.39 is 17.1 Å². The summed E-state index contributed by atoms with van der Waals surface area (Å²) in [5.41, 5.74) is 0. The largest absolute Gasteiger partial charge is 0.415 e. The lowest BCUT2D eigenvalue weighted by molar-refractivity contribution is 0.0986. The molecule has 5 heteroatoms. The molecule has 0 saturated carbocycles. The monoisotopic (exact) mass is 220 g/mol. The van der Waals surface area contributed by atoms with Crippen LogP contribution in [0.5, 0.6) is 0 Å². The molecular formula is C8H20O3Si2. The average Bonchev–Trinajstić information content (AvgIpc) is 1.78. The van der Waals surface area contributed by atoms with Crippen molar-refractivity contribution in [2.24, 2.45) is 0 Å². The van der Waals surface area contributed by atoms with Crippen LogP contribution in [-0.4, -0.2) is 29.8 Å². The zero-order valence-corrected chi connectivity index (χ0v) is 11.2. The Morgan fingerprint density at radius 2 is 1.69 bits per heavy atom. The fourth-order valence-electron chi connectivity index (χ4n) is 1.66. The molecular weight excluding hydrogens is 200 g/mol. The van der Waals surface area contributed by atoms with E-state index in [1.165, 1.54) is 0 Å². The molecule has 0 N–H and O–H groups in total. The van der Waals surface area contributed by atoms with Crippen molar-refractivity contribution in [3.05, 3.63) is 0 Å². The van der Waals surface area contributed by atoms with Crippen LogP contribution in [-0.2, 0) is 13.0 Å². The van der Waals surface area contributed by atoms with E-state index in [2.05, 4.69) is 33.1 Å². The molecule has 1 rings (SSSR count). The van der Waals surface area contributed by atoms with Crippen molar-refractivity contribution in [2.45, 2.75) is 45.6 Å². The first-order chi connectivity index (χ1) is 5.81. The Hall–Kier alpha value is 0.314. The van der Waals surface area contributed by atoms with Crippen LogP contribution < -0.4 is 0 Å². The Kier molecular flexibility index (Phi) is 3.35. The molecule has 0 aliphatic carbocycles. The zero-order chi connectivity index (χ0) is 10.1. The van der Waals surface area contributed by atoms with Gasteiger partial charge in [0.05, 0.1) is 0 Å². The minimum absolute atomic E-state index is 0.270. The van der Waals surface area contributed by atoms with E-state index in [4.69, 9.17) is 13.0 Å². The van der Waals surface area contributed by atoms with Crippen LogP contribution in [0.2, 0.25) is 26.2 Å². The second-order valence-electron chi connectivity index (χ2n) is 4.47. The Morgan fingerprint density at radius 1 is 1.08 bits per heavy atom. The van der Waals surface area contributed by atoms with Gasteiger partial charge in [-0.25, -0.2) is 0 Å². The minimum atomic E-state index is -1.93. The normalized spacial score (nSPS) is 33.5. The highest BCUT2D eigenvalue weighted by Crippen LogP contribution is 2.22. The number of hydrogen-bond acceptors (Lipinski definition) is 3. The molecule has 0 aromatic carbocycles. The summed E-state index contributed by atoms with van der Waals surface area (Å²) in [6.07, 6.45) is 1.25. The zero-order valence-electron chi connectivity index (χ0n) is 9.22. The molecule has 0 spiro atoms. The summed E-state index contributed by atoms with van der Waals surface area (Å²) in [6, 6.07) is 0. The van der Waals surface area contributed by atoms with E-state index >= 15 is 0 Å². The Labute approximate surface area is 82.9 Å². The van der Waals surface area contributed by atoms with Gasteiger partial charge >= 0.3 is 17.1 Å². The van der Waals surface area contributed by atoms with Crippen molar-refractivity contribution in [3.8, 4) is 0 Å². The van der Waals surface area contributed by atoms with Gasteiger partial charge < -0.3 is 13.0 Å². The maximum Gasteiger partial charge on any atom is 0.323 e. The summed E-state index contributed by atoms with van der Waals surface area (Å²) in [4.78, 5) is 0. The summed E-state index contributed by atoms with van der Waals surface area (Å²) >= 11 is 0. The summed E-state index contributed by atoms with van der Waals surface area (Å²) in [7, 11) is -3.84. The van der Waals surface area contributed by atoms with Crippen LogP contribution in [0, 0.1) is 0 Å². The van der Waals surface area contributed by atoms with Gasteiger partial charge in [-0.3, -0.25) is 0 Å². The van der Waals surface area contributed by atoms with Gasteiger partial charge in [-0.05, 0) is 39.5 Å². The van der Waals surface area contributed by atoms with Crippen molar-refractivity contribution < 1.29 is 13.0 Å². The van der Waals surface area contributed by atoms with E-state index in [-0.39, 0.29) is 6.10 Å². The topological polar surface area (TPSA) is 27.7 Å². The van der Waals surface area contributed by atoms with Gasteiger partial charge in [0.1, 0.15) is 0 Å². The van der Waals surface area contributed by atoms with E-state index in [9.17, 15) is 0 Å². The quantitative estimate of drug-likeness (QED) is 0.586. The molecule has 0 bridgehead atoms. The predicted molar refractivity (Wildman–Crippen MR) is 57.2 cm³/mol. The van der Waals surface area contributed by atoms with Crippen LogP contribution in [0.4, 0.5) is 0 Å². The Morgan fingerprint density at radius 3 is 2.31 bits per heavy atom. The number of rotatable bonds is 0. The third-order valence-corrected chi connectivity index (χ3v) is 7.75. The maximum atomic E-state index is 5.97. The summed E-state index contributed by atoms with van der Waals surface area (Å²) < 4.78 is 17.6. The first-order valence-electron chi connectivity index (χ1n) is 4.83. The molecule has 1 heterocycles. The molecule has 0 amide bonds. The highest BCUT2D eigenvalue weighted by molar-refractivity contribution is 6.78. The van der Waals surface area contributed by atoms with E-state index in [1.54, 1.807) is 0 Å². The van der Waals surface area contributed by atoms with Crippen molar-refractivity contribution in [3.63, 3.8) is 0 Å². The second kappa shape index (κ2) is 3.82. The van der Waals surface area contributed by atoms with Crippen LogP contribution in [0.1, 0.15) is 13.3 Å². The molecule has 1 aliphatic rings. The molecule has 1 unspecified atom stereocenters. The van der Waals surface area contributed by atoms with Gasteiger partial charge in [-0.15, -0.1) is 0 Å². The Bertz CT molecular complexity index is 182.